The molecule has 1 aliphatic carbocycles. The molecule has 0 saturated carbocycles. The molecule has 33 heavy (non-hydrogen) atoms. The van der Waals surface area contributed by atoms with Crippen molar-refractivity contribution in [2.45, 2.75) is 26.1 Å². The highest BCUT2D eigenvalue weighted by Crippen LogP contribution is 2.48. The number of ether oxygens (including phenoxy) is 4. The SMILES string of the molecule is CC1=CC(O/C=C2/C(=O)c3c(c4cc(-c5scc6c5OCCO6)ccc4n3C)C2C)OC1=O. The minimum absolute atomic E-state index is 0.0759. The average molecular weight is 464 g/mol. The standard InChI is InChI=1S/C25H21NO6S/c1-12-8-19(32-25(12)28)31-10-16-13(2)20-15-9-14(4-5-17(15)26(3)21(20)22(16)27)24-23-18(11-33-24)29-6-7-30-23/h4-5,8-11,13,19H,6-7H2,1-3H3/b16-10+. The van der Waals surface area contributed by atoms with Crippen LogP contribution in [0, 0.1) is 0 Å². The van der Waals surface area contributed by atoms with Crippen molar-refractivity contribution in [2.75, 3.05) is 13.2 Å². The first-order valence-electron chi connectivity index (χ1n) is 10.7. The zero-order valence-corrected chi connectivity index (χ0v) is 19.2. The van der Waals surface area contributed by atoms with Crippen molar-refractivity contribution in [3.63, 3.8) is 0 Å². The van der Waals surface area contributed by atoms with E-state index in [0.29, 0.717) is 30.1 Å². The number of esters is 1. The van der Waals surface area contributed by atoms with Gasteiger partial charge in [-0.3, -0.25) is 4.79 Å². The van der Waals surface area contributed by atoms with Crippen LogP contribution in [0.1, 0.15) is 35.8 Å². The van der Waals surface area contributed by atoms with Gasteiger partial charge < -0.3 is 23.5 Å². The number of carbonyl (C=O) groups excluding carboxylic acids is 2. The first kappa shape index (κ1) is 20.1. The van der Waals surface area contributed by atoms with E-state index in [0.717, 1.165) is 38.4 Å². The van der Waals surface area contributed by atoms with Crippen molar-refractivity contribution in [3.05, 3.63) is 58.3 Å². The second kappa shape index (κ2) is 7.25. The second-order valence-electron chi connectivity index (χ2n) is 8.39. The van der Waals surface area contributed by atoms with Crippen molar-refractivity contribution in [3.8, 4) is 21.9 Å². The van der Waals surface area contributed by atoms with E-state index in [1.54, 1.807) is 24.3 Å². The number of fused-ring (bicyclic) bond motifs is 4. The Morgan fingerprint density at radius 1 is 1.21 bits per heavy atom. The number of hydrogen-bond donors (Lipinski definition) is 0. The molecule has 2 aromatic heterocycles. The number of carbonyl (C=O) groups is 2. The largest absolute Gasteiger partial charge is 0.485 e. The van der Waals surface area contributed by atoms with Crippen molar-refractivity contribution < 1.29 is 28.5 Å². The molecular formula is C25H21NO6S. The molecule has 0 fully saturated rings. The molecule has 2 unspecified atom stereocenters. The number of aryl methyl sites for hydroxylation is 1. The van der Waals surface area contributed by atoms with E-state index in [1.165, 1.54) is 6.26 Å². The Bertz CT molecular complexity index is 1410. The molecule has 0 saturated heterocycles. The number of benzene rings is 1. The van der Waals surface area contributed by atoms with Crippen LogP contribution in [-0.4, -0.2) is 35.8 Å². The number of Topliss-reactive ketones (excluding diaryl/α,β-unsaturated/α-hetero) is 1. The first-order chi connectivity index (χ1) is 15.9. The summed E-state index contributed by atoms with van der Waals surface area (Å²) in [6, 6.07) is 6.22. The maximum atomic E-state index is 13.3. The minimum Gasteiger partial charge on any atom is -0.485 e. The zero-order valence-electron chi connectivity index (χ0n) is 18.3. The summed E-state index contributed by atoms with van der Waals surface area (Å²) in [4.78, 5) is 25.9. The highest BCUT2D eigenvalue weighted by atomic mass is 32.1. The predicted molar refractivity (Wildman–Crippen MR) is 123 cm³/mol. The van der Waals surface area contributed by atoms with Crippen LogP contribution in [0.3, 0.4) is 0 Å². The Balaban J connectivity index is 1.40. The van der Waals surface area contributed by atoms with Gasteiger partial charge in [0.1, 0.15) is 13.2 Å². The van der Waals surface area contributed by atoms with Crippen LogP contribution in [-0.2, 0) is 21.3 Å². The van der Waals surface area contributed by atoms with Gasteiger partial charge in [0.05, 0.1) is 16.8 Å². The van der Waals surface area contributed by atoms with Crippen molar-refractivity contribution >= 4 is 34.0 Å². The third-order valence-corrected chi connectivity index (χ3v) is 7.43. The van der Waals surface area contributed by atoms with E-state index in [4.69, 9.17) is 18.9 Å². The van der Waals surface area contributed by atoms with Gasteiger partial charge in [-0.1, -0.05) is 13.0 Å². The van der Waals surface area contributed by atoms with Crippen molar-refractivity contribution in [1.29, 1.82) is 0 Å². The molecule has 2 atom stereocenters. The molecule has 0 bridgehead atoms. The lowest BCUT2D eigenvalue weighted by molar-refractivity contribution is -0.152. The second-order valence-corrected chi connectivity index (χ2v) is 9.27. The topological polar surface area (TPSA) is 76.0 Å². The molecular weight excluding hydrogens is 442 g/mol. The van der Waals surface area contributed by atoms with Gasteiger partial charge in [0.25, 0.3) is 6.29 Å². The van der Waals surface area contributed by atoms with Gasteiger partial charge in [-0.15, -0.1) is 11.3 Å². The first-order valence-corrected chi connectivity index (χ1v) is 11.6. The summed E-state index contributed by atoms with van der Waals surface area (Å²) < 4.78 is 24.3. The van der Waals surface area contributed by atoms with Crippen LogP contribution in [0.4, 0.5) is 0 Å². The Kier molecular flexibility index (Phi) is 4.42. The molecule has 3 aliphatic rings. The van der Waals surface area contributed by atoms with Crippen LogP contribution < -0.4 is 9.47 Å². The van der Waals surface area contributed by atoms with Gasteiger partial charge in [-0.05, 0) is 30.2 Å². The van der Waals surface area contributed by atoms with Crippen molar-refractivity contribution in [2.24, 2.45) is 7.05 Å². The molecule has 8 heteroatoms. The number of ketones is 1. The minimum atomic E-state index is -0.802. The zero-order chi connectivity index (χ0) is 22.9. The fourth-order valence-electron chi connectivity index (χ4n) is 4.75. The summed E-state index contributed by atoms with van der Waals surface area (Å²) in [5.41, 5.74) is 4.70. The molecule has 1 aromatic carbocycles. The van der Waals surface area contributed by atoms with Gasteiger partial charge in [-0.2, -0.15) is 0 Å². The van der Waals surface area contributed by atoms with Gasteiger partial charge >= 0.3 is 5.97 Å². The highest BCUT2D eigenvalue weighted by molar-refractivity contribution is 7.14. The Morgan fingerprint density at radius 3 is 2.82 bits per heavy atom. The maximum absolute atomic E-state index is 13.3. The summed E-state index contributed by atoms with van der Waals surface area (Å²) >= 11 is 1.59. The fourth-order valence-corrected chi connectivity index (χ4v) is 5.68. The summed E-state index contributed by atoms with van der Waals surface area (Å²) in [5.74, 6) is 0.919. The predicted octanol–water partition coefficient (Wildman–Crippen LogP) is 4.71. The van der Waals surface area contributed by atoms with Crippen LogP contribution in [0.5, 0.6) is 11.5 Å². The van der Waals surface area contributed by atoms with Crippen LogP contribution >= 0.6 is 11.3 Å². The van der Waals surface area contributed by atoms with E-state index in [9.17, 15) is 9.59 Å². The van der Waals surface area contributed by atoms with E-state index in [1.807, 2.05) is 30.0 Å². The molecule has 0 spiro atoms. The van der Waals surface area contributed by atoms with E-state index < -0.39 is 12.3 Å². The molecule has 3 aromatic rings. The Labute approximate surface area is 193 Å². The normalized spacial score (nSPS) is 22.6. The molecule has 7 nitrogen and oxygen atoms in total. The van der Waals surface area contributed by atoms with E-state index >= 15 is 0 Å². The molecule has 0 N–H and O–H groups in total. The van der Waals surface area contributed by atoms with Crippen LogP contribution in [0.2, 0.25) is 0 Å². The molecule has 0 amide bonds. The van der Waals surface area contributed by atoms with Crippen LogP contribution in [0.25, 0.3) is 21.3 Å². The monoisotopic (exact) mass is 463 g/mol. The lowest BCUT2D eigenvalue weighted by atomic mass is 9.97. The highest BCUT2D eigenvalue weighted by Gasteiger charge is 2.38. The number of allylic oxidation sites excluding steroid dienone is 1. The third-order valence-electron chi connectivity index (χ3n) is 6.44. The molecule has 0 radical (unpaired) electrons. The van der Waals surface area contributed by atoms with Crippen molar-refractivity contribution in [1.82, 2.24) is 4.57 Å². The number of hydrogen-bond acceptors (Lipinski definition) is 7. The smallest absolute Gasteiger partial charge is 0.336 e. The molecule has 6 rings (SSSR count). The number of thiophene rings is 1. The molecule has 2 aliphatic heterocycles. The van der Waals surface area contributed by atoms with Gasteiger partial charge in [0.2, 0.25) is 5.78 Å². The summed E-state index contributed by atoms with van der Waals surface area (Å²) in [6.07, 6.45) is 2.24. The maximum Gasteiger partial charge on any atom is 0.336 e. The van der Waals surface area contributed by atoms with Gasteiger partial charge in [0, 0.05) is 46.5 Å². The Morgan fingerprint density at radius 2 is 2.03 bits per heavy atom. The van der Waals surface area contributed by atoms with Gasteiger partial charge in [-0.25, -0.2) is 4.79 Å². The van der Waals surface area contributed by atoms with Crippen LogP contribution in [0.15, 0.2) is 47.1 Å². The fraction of sp³-hybridized carbons (Fsp3) is 0.280. The molecule has 168 valence electrons. The lowest BCUT2D eigenvalue weighted by Crippen LogP contribution is -2.14. The molecule has 4 heterocycles. The van der Waals surface area contributed by atoms with Gasteiger partial charge in [0.15, 0.2) is 11.5 Å². The summed E-state index contributed by atoms with van der Waals surface area (Å²) in [7, 11) is 1.91. The summed E-state index contributed by atoms with van der Waals surface area (Å²) in [5, 5.41) is 3.00. The quantitative estimate of drug-likeness (QED) is 0.318. The van der Waals surface area contributed by atoms with E-state index in [2.05, 4.69) is 12.1 Å². The number of rotatable bonds is 3. The average Bonchev–Trinajstić information content (AvgIpc) is 3.52. The number of aromatic nitrogens is 1. The lowest BCUT2D eigenvalue weighted by Gasteiger charge is -2.16. The van der Waals surface area contributed by atoms with E-state index in [-0.39, 0.29) is 11.7 Å². The summed E-state index contributed by atoms with van der Waals surface area (Å²) in [6.45, 7) is 4.76. The number of cyclic esters (lactones) is 1. The number of nitrogens with zero attached hydrogens (tertiary/aromatic N) is 1. The third kappa shape index (κ3) is 2.94. The Hall–Kier alpha value is -3.52.